The van der Waals surface area contributed by atoms with Gasteiger partial charge in [0.25, 0.3) is 0 Å². The summed E-state index contributed by atoms with van der Waals surface area (Å²) in [6.07, 6.45) is 4.52. The van der Waals surface area contributed by atoms with Gasteiger partial charge in [0.15, 0.2) is 0 Å². The van der Waals surface area contributed by atoms with Gasteiger partial charge in [-0.15, -0.1) is 0 Å². The van der Waals surface area contributed by atoms with Crippen molar-refractivity contribution in [3.63, 3.8) is 0 Å². The Hall–Kier alpha value is -0.580. The van der Waals surface area contributed by atoms with E-state index in [4.69, 9.17) is 5.11 Å². The first-order valence-electron chi connectivity index (χ1n) is 5.73. The number of carboxylic acid groups (broad SMARTS) is 1. The fourth-order valence-electron chi connectivity index (χ4n) is 1.87. The Bertz CT molecular complexity index is 258. The number of carboxylic acids is 1. The highest BCUT2D eigenvalue weighted by Crippen LogP contribution is 2.18. The van der Waals surface area contributed by atoms with E-state index in [-0.39, 0.29) is 12.3 Å². The van der Waals surface area contributed by atoms with E-state index in [9.17, 15) is 9.59 Å². The number of likely N-dealkylation sites (tertiary alicyclic amines) is 1. The molecular weight excluding hydrogens is 274 g/mol. The number of halogens is 1. The summed E-state index contributed by atoms with van der Waals surface area (Å²) >= 11 is 3.44. The van der Waals surface area contributed by atoms with Crippen LogP contribution < -0.4 is 0 Å². The van der Waals surface area contributed by atoms with Crippen LogP contribution in [0.3, 0.4) is 0 Å². The minimum atomic E-state index is -0.725. The third-order valence-electron chi connectivity index (χ3n) is 2.74. The fourth-order valence-corrected chi connectivity index (χ4v) is 2.50. The van der Waals surface area contributed by atoms with Crippen LogP contribution in [0.25, 0.3) is 0 Å². The van der Waals surface area contributed by atoms with E-state index in [1.807, 2.05) is 4.90 Å². The molecule has 5 heteroatoms. The summed E-state index contributed by atoms with van der Waals surface area (Å²) < 4.78 is 0. The molecule has 1 amide bonds. The lowest BCUT2D eigenvalue weighted by atomic mass is 10.1. The van der Waals surface area contributed by atoms with Gasteiger partial charge in [0.2, 0.25) is 5.91 Å². The van der Waals surface area contributed by atoms with Crippen LogP contribution in [-0.2, 0) is 9.59 Å². The van der Waals surface area contributed by atoms with Crippen molar-refractivity contribution in [1.82, 2.24) is 4.90 Å². The highest BCUT2D eigenvalue weighted by atomic mass is 79.9. The first kappa shape index (κ1) is 13.5. The Morgan fingerprint density at radius 1 is 1.38 bits per heavy atom. The van der Waals surface area contributed by atoms with Gasteiger partial charge in [0, 0.05) is 30.8 Å². The van der Waals surface area contributed by atoms with Gasteiger partial charge in [-0.05, 0) is 12.8 Å². The smallest absolute Gasteiger partial charge is 0.303 e. The number of carbonyl (C=O) groups excluding carboxylic acids is 1. The zero-order valence-electron chi connectivity index (χ0n) is 9.32. The summed E-state index contributed by atoms with van der Waals surface area (Å²) in [5.74, 6) is -0.496. The first-order chi connectivity index (χ1) is 7.59. The van der Waals surface area contributed by atoms with Gasteiger partial charge in [-0.1, -0.05) is 28.8 Å². The molecule has 1 aliphatic heterocycles. The Labute approximate surface area is 104 Å². The number of carbonyl (C=O) groups is 2. The van der Waals surface area contributed by atoms with Crippen LogP contribution in [0.4, 0.5) is 0 Å². The second-order valence-corrected chi connectivity index (χ2v) is 5.49. The third kappa shape index (κ3) is 4.96. The molecule has 1 unspecified atom stereocenters. The normalized spacial score (nSPS) is 20.4. The van der Waals surface area contributed by atoms with Gasteiger partial charge in [0.05, 0.1) is 0 Å². The molecule has 1 rings (SSSR count). The monoisotopic (exact) mass is 291 g/mol. The van der Waals surface area contributed by atoms with E-state index < -0.39 is 5.97 Å². The first-order valence-corrected chi connectivity index (χ1v) is 6.65. The lowest BCUT2D eigenvalue weighted by Crippen LogP contribution is -2.26. The molecule has 1 N–H and O–H groups in total. The minimum Gasteiger partial charge on any atom is -0.481 e. The van der Waals surface area contributed by atoms with E-state index in [2.05, 4.69) is 15.9 Å². The summed E-state index contributed by atoms with van der Waals surface area (Å²) in [7, 11) is 0. The van der Waals surface area contributed by atoms with Crippen molar-refractivity contribution in [1.29, 1.82) is 0 Å². The van der Waals surface area contributed by atoms with E-state index in [0.29, 0.717) is 11.2 Å². The quantitative estimate of drug-likeness (QED) is 0.577. The Kier molecular flexibility index (Phi) is 5.80. The molecular formula is C11H18BrNO3. The van der Waals surface area contributed by atoms with Crippen molar-refractivity contribution < 1.29 is 14.7 Å². The maximum atomic E-state index is 11.4. The van der Waals surface area contributed by atoms with Crippen molar-refractivity contribution in [3.05, 3.63) is 0 Å². The second kappa shape index (κ2) is 6.89. The lowest BCUT2D eigenvalue weighted by Gasteiger charge is -2.15. The molecule has 0 aromatic rings. The molecule has 0 saturated carbocycles. The maximum absolute atomic E-state index is 11.4. The molecule has 0 bridgehead atoms. The number of unbranched alkanes of at least 4 members (excludes halogenated alkanes) is 3. The molecule has 0 aliphatic carbocycles. The average molecular weight is 292 g/mol. The zero-order valence-corrected chi connectivity index (χ0v) is 10.9. The lowest BCUT2D eigenvalue weighted by molar-refractivity contribution is -0.137. The molecule has 1 saturated heterocycles. The van der Waals surface area contributed by atoms with Crippen molar-refractivity contribution in [3.8, 4) is 0 Å². The van der Waals surface area contributed by atoms with Crippen molar-refractivity contribution in [2.45, 2.75) is 43.4 Å². The van der Waals surface area contributed by atoms with Crippen LogP contribution in [-0.4, -0.2) is 39.8 Å². The molecule has 1 fully saturated rings. The summed E-state index contributed by atoms with van der Waals surface area (Å²) in [6, 6.07) is 0. The Balaban J connectivity index is 1.99. The largest absolute Gasteiger partial charge is 0.481 e. The molecule has 4 nitrogen and oxygen atoms in total. The third-order valence-corrected chi connectivity index (χ3v) is 3.35. The molecule has 92 valence electrons. The van der Waals surface area contributed by atoms with Gasteiger partial charge in [-0.3, -0.25) is 9.59 Å². The van der Waals surface area contributed by atoms with Crippen LogP contribution in [0.2, 0.25) is 0 Å². The minimum absolute atomic E-state index is 0.229. The molecule has 0 spiro atoms. The van der Waals surface area contributed by atoms with E-state index in [1.54, 1.807) is 0 Å². The van der Waals surface area contributed by atoms with E-state index >= 15 is 0 Å². The van der Waals surface area contributed by atoms with E-state index in [0.717, 1.165) is 38.8 Å². The molecule has 1 atom stereocenters. The number of nitrogens with zero attached hydrogens (tertiary/aromatic N) is 1. The molecule has 0 aromatic heterocycles. The number of aliphatic carboxylic acids is 1. The Morgan fingerprint density at radius 2 is 2.06 bits per heavy atom. The van der Waals surface area contributed by atoms with Crippen molar-refractivity contribution >= 4 is 27.8 Å². The highest BCUT2D eigenvalue weighted by molar-refractivity contribution is 9.09. The van der Waals surface area contributed by atoms with Gasteiger partial charge < -0.3 is 10.0 Å². The van der Waals surface area contributed by atoms with Gasteiger partial charge in [0.1, 0.15) is 0 Å². The summed E-state index contributed by atoms with van der Waals surface area (Å²) in [4.78, 5) is 23.9. The number of hydrogen-bond donors (Lipinski definition) is 1. The molecule has 1 aliphatic rings. The molecule has 0 radical (unpaired) electrons. The number of alkyl halides is 1. The predicted molar refractivity (Wildman–Crippen MR) is 64.6 cm³/mol. The van der Waals surface area contributed by atoms with Crippen LogP contribution in [0.1, 0.15) is 38.5 Å². The van der Waals surface area contributed by atoms with Crippen molar-refractivity contribution in [2.75, 3.05) is 13.1 Å². The number of amides is 1. The van der Waals surface area contributed by atoms with Crippen LogP contribution in [0.15, 0.2) is 0 Å². The van der Waals surface area contributed by atoms with Crippen LogP contribution in [0.5, 0.6) is 0 Å². The van der Waals surface area contributed by atoms with Gasteiger partial charge in [-0.25, -0.2) is 0 Å². The van der Waals surface area contributed by atoms with E-state index in [1.165, 1.54) is 0 Å². The van der Waals surface area contributed by atoms with Gasteiger partial charge >= 0.3 is 5.97 Å². The fraction of sp³-hybridized carbons (Fsp3) is 0.818. The predicted octanol–water partition coefficient (Wildman–Crippen LogP) is 2.02. The number of rotatable bonds is 7. The zero-order chi connectivity index (χ0) is 12.0. The topological polar surface area (TPSA) is 57.6 Å². The van der Waals surface area contributed by atoms with Crippen LogP contribution in [0, 0.1) is 0 Å². The molecule has 16 heavy (non-hydrogen) atoms. The average Bonchev–Trinajstić information content (AvgIpc) is 2.50. The number of hydrogen-bond acceptors (Lipinski definition) is 2. The second-order valence-electron chi connectivity index (χ2n) is 4.20. The molecule has 1 heterocycles. The molecule has 0 aromatic carbocycles. The maximum Gasteiger partial charge on any atom is 0.303 e. The van der Waals surface area contributed by atoms with Crippen LogP contribution >= 0.6 is 15.9 Å². The summed E-state index contributed by atoms with van der Waals surface area (Å²) in [5, 5.41) is 8.45. The SMILES string of the molecule is O=C(O)CCCCCCN1CC(Br)CC1=O. The standard InChI is InChI=1S/C11H18BrNO3/c12-9-7-10(14)13(8-9)6-4-2-1-3-5-11(15)16/h9H,1-8H2,(H,15,16). The van der Waals surface area contributed by atoms with Gasteiger partial charge in [-0.2, -0.15) is 0 Å². The summed E-state index contributed by atoms with van der Waals surface area (Å²) in [5.41, 5.74) is 0. The Morgan fingerprint density at radius 3 is 2.62 bits per heavy atom. The highest BCUT2D eigenvalue weighted by Gasteiger charge is 2.26. The van der Waals surface area contributed by atoms with Crippen molar-refractivity contribution in [2.24, 2.45) is 0 Å². The summed E-state index contributed by atoms with van der Waals surface area (Å²) in [6.45, 7) is 1.63.